The molecule has 4 heteroatoms. The number of rotatable bonds is 3. The van der Waals surface area contributed by atoms with Gasteiger partial charge in [0.05, 0.1) is 13.2 Å². The van der Waals surface area contributed by atoms with Crippen LogP contribution >= 0.6 is 0 Å². The van der Waals surface area contributed by atoms with Crippen molar-refractivity contribution in [3.8, 4) is 0 Å². The molecule has 1 aromatic rings. The van der Waals surface area contributed by atoms with Crippen LogP contribution in [0.1, 0.15) is 24.2 Å². The largest absolute Gasteiger partial charge is 0.296 e. The Balaban J connectivity index is 1.84. The molecule has 0 aliphatic carbocycles. The van der Waals surface area contributed by atoms with E-state index in [0.29, 0.717) is 0 Å². The van der Waals surface area contributed by atoms with Crippen molar-refractivity contribution < 1.29 is 4.39 Å². The Labute approximate surface area is 95.7 Å². The van der Waals surface area contributed by atoms with Gasteiger partial charge in [-0.05, 0) is 44.3 Å². The van der Waals surface area contributed by atoms with E-state index in [1.165, 1.54) is 0 Å². The highest BCUT2D eigenvalue weighted by Gasteiger charge is 2.19. The number of hydrogen-bond donors (Lipinski definition) is 0. The topological polar surface area (TPSA) is 29.0 Å². The zero-order valence-electron chi connectivity index (χ0n) is 9.69. The lowest BCUT2D eigenvalue weighted by Gasteiger charge is -2.29. The number of piperidine rings is 1. The Morgan fingerprint density at radius 2 is 1.94 bits per heavy atom. The summed E-state index contributed by atoms with van der Waals surface area (Å²) in [6, 6.07) is 0. The third-order valence-corrected chi connectivity index (χ3v) is 3.12. The summed E-state index contributed by atoms with van der Waals surface area (Å²) in [5.41, 5.74) is 1.08. The molecule has 1 aromatic heterocycles. The van der Waals surface area contributed by atoms with Gasteiger partial charge in [-0.15, -0.1) is 0 Å². The molecule has 0 saturated carbocycles. The van der Waals surface area contributed by atoms with E-state index in [2.05, 4.69) is 14.9 Å². The molecule has 1 saturated heterocycles. The Kier molecular flexibility index (Phi) is 3.83. The van der Waals surface area contributed by atoms with Crippen molar-refractivity contribution >= 4 is 0 Å². The number of aryl methyl sites for hydroxylation is 1. The Bertz CT molecular complexity index is 318. The normalized spacial score (nSPS) is 18.9. The van der Waals surface area contributed by atoms with Gasteiger partial charge in [0.1, 0.15) is 5.82 Å². The molecule has 0 unspecified atom stereocenters. The number of alkyl halides is 1. The van der Waals surface area contributed by atoms with Crippen molar-refractivity contribution in [1.82, 2.24) is 14.9 Å². The SMILES string of the molecule is Cc1cnc(CN2CCC(CF)CC2)nc1. The van der Waals surface area contributed by atoms with E-state index in [9.17, 15) is 4.39 Å². The molecule has 0 N–H and O–H groups in total. The lowest BCUT2D eigenvalue weighted by Crippen LogP contribution is -2.34. The van der Waals surface area contributed by atoms with Crippen molar-refractivity contribution in [1.29, 1.82) is 0 Å². The van der Waals surface area contributed by atoms with Crippen molar-refractivity contribution in [2.24, 2.45) is 5.92 Å². The summed E-state index contributed by atoms with van der Waals surface area (Å²) < 4.78 is 12.4. The lowest BCUT2D eigenvalue weighted by atomic mass is 9.98. The molecular weight excluding hydrogens is 205 g/mol. The first-order valence-electron chi connectivity index (χ1n) is 5.84. The van der Waals surface area contributed by atoms with Gasteiger partial charge in [-0.2, -0.15) is 0 Å². The van der Waals surface area contributed by atoms with E-state index < -0.39 is 0 Å². The number of hydrogen-bond acceptors (Lipinski definition) is 3. The molecule has 2 rings (SSSR count). The van der Waals surface area contributed by atoms with Gasteiger partial charge >= 0.3 is 0 Å². The molecule has 0 aromatic carbocycles. The maximum Gasteiger partial charge on any atom is 0.142 e. The average Bonchev–Trinajstić information content (AvgIpc) is 2.33. The summed E-state index contributed by atoms with van der Waals surface area (Å²) >= 11 is 0. The summed E-state index contributed by atoms with van der Waals surface area (Å²) in [7, 11) is 0. The van der Waals surface area contributed by atoms with Crippen molar-refractivity contribution in [2.75, 3.05) is 19.8 Å². The van der Waals surface area contributed by atoms with Crippen molar-refractivity contribution in [3.05, 3.63) is 23.8 Å². The Hall–Kier alpha value is -1.03. The molecule has 1 aliphatic rings. The van der Waals surface area contributed by atoms with Crippen LogP contribution in [0.3, 0.4) is 0 Å². The van der Waals surface area contributed by atoms with Gasteiger partial charge in [0.15, 0.2) is 0 Å². The van der Waals surface area contributed by atoms with Crippen LogP contribution in [0.15, 0.2) is 12.4 Å². The maximum atomic E-state index is 12.4. The van der Waals surface area contributed by atoms with Crippen LogP contribution in [-0.2, 0) is 6.54 Å². The second-order valence-electron chi connectivity index (χ2n) is 4.55. The van der Waals surface area contributed by atoms with Crippen LogP contribution in [0.25, 0.3) is 0 Å². The quantitative estimate of drug-likeness (QED) is 0.784. The van der Waals surface area contributed by atoms with Gasteiger partial charge in [0.2, 0.25) is 0 Å². The molecule has 88 valence electrons. The van der Waals surface area contributed by atoms with E-state index in [0.717, 1.165) is 43.9 Å². The first kappa shape index (κ1) is 11.5. The van der Waals surface area contributed by atoms with Crippen LogP contribution < -0.4 is 0 Å². The summed E-state index contributed by atoms with van der Waals surface area (Å²) in [5, 5.41) is 0. The molecular formula is C12H18FN3. The van der Waals surface area contributed by atoms with Crippen LogP contribution in [0, 0.1) is 12.8 Å². The first-order valence-corrected chi connectivity index (χ1v) is 5.84. The van der Waals surface area contributed by atoms with E-state index in [4.69, 9.17) is 0 Å². The maximum absolute atomic E-state index is 12.4. The zero-order chi connectivity index (χ0) is 11.4. The highest BCUT2D eigenvalue weighted by molar-refractivity contribution is 5.01. The minimum Gasteiger partial charge on any atom is -0.296 e. The third-order valence-electron chi connectivity index (χ3n) is 3.12. The lowest BCUT2D eigenvalue weighted by molar-refractivity contribution is 0.156. The number of likely N-dealkylation sites (tertiary alicyclic amines) is 1. The number of nitrogens with zero attached hydrogens (tertiary/aromatic N) is 3. The highest BCUT2D eigenvalue weighted by atomic mass is 19.1. The molecule has 2 heterocycles. The molecule has 0 bridgehead atoms. The molecule has 0 spiro atoms. The van der Waals surface area contributed by atoms with Gasteiger partial charge in [-0.1, -0.05) is 0 Å². The van der Waals surface area contributed by atoms with Gasteiger partial charge in [-0.25, -0.2) is 9.97 Å². The van der Waals surface area contributed by atoms with E-state index in [-0.39, 0.29) is 12.6 Å². The van der Waals surface area contributed by atoms with Gasteiger partial charge in [0.25, 0.3) is 0 Å². The van der Waals surface area contributed by atoms with Crippen LogP contribution in [-0.4, -0.2) is 34.6 Å². The minimum absolute atomic E-state index is 0.172. The molecule has 16 heavy (non-hydrogen) atoms. The molecule has 0 amide bonds. The Morgan fingerprint density at radius 3 is 2.50 bits per heavy atom. The monoisotopic (exact) mass is 223 g/mol. The highest BCUT2D eigenvalue weighted by Crippen LogP contribution is 2.18. The van der Waals surface area contributed by atoms with E-state index in [1.807, 2.05) is 19.3 Å². The summed E-state index contributed by atoms with van der Waals surface area (Å²) in [6.45, 7) is 4.53. The van der Waals surface area contributed by atoms with Gasteiger partial charge in [-0.3, -0.25) is 9.29 Å². The molecule has 1 fully saturated rings. The standard InChI is InChI=1S/C12H18FN3/c1-10-7-14-12(15-8-10)9-16-4-2-11(6-13)3-5-16/h7-8,11H,2-6,9H2,1H3. The van der Waals surface area contributed by atoms with Gasteiger partial charge in [0, 0.05) is 12.4 Å². The smallest absolute Gasteiger partial charge is 0.142 e. The zero-order valence-corrected chi connectivity index (χ0v) is 9.69. The fourth-order valence-electron chi connectivity index (χ4n) is 2.00. The summed E-state index contributed by atoms with van der Waals surface area (Å²) in [4.78, 5) is 10.9. The fourth-order valence-corrected chi connectivity index (χ4v) is 2.00. The summed E-state index contributed by atoms with van der Waals surface area (Å²) in [5.74, 6) is 1.14. The van der Waals surface area contributed by atoms with Crippen LogP contribution in [0.5, 0.6) is 0 Å². The predicted octanol–water partition coefficient (Wildman–Crippen LogP) is 1.97. The van der Waals surface area contributed by atoms with E-state index >= 15 is 0 Å². The summed E-state index contributed by atoms with van der Waals surface area (Å²) in [6.07, 6.45) is 5.61. The molecule has 1 aliphatic heterocycles. The third kappa shape index (κ3) is 2.98. The van der Waals surface area contributed by atoms with Crippen molar-refractivity contribution in [3.63, 3.8) is 0 Å². The van der Waals surface area contributed by atoms with Crippen molar-refractivity contribution in [2.45, 2.75) is 26.3 Å². The second-order valence-corrected chi connectivity index (χ2v) is 4.55. The molecule has 3 nitrogen and oxygen atoms in total. The van der Waals surface area contributed by atoms with E-state index in [1.54, 1.807) is 0 Å². The fraction of sp³-hybridized carbons (Fsp3) is 0.667. The molecule has 0 atom stereocenters. The second kappa shape index (κ2) is 5.34. The minimum atomic E-state index is -0.172. The van der Waals surface area contributed by atoms with Gasteiger partial charge < -0.3 is 0 Å². The Morgan fingerprint density at radius 1 is 1.31 bits per heavy atom. The first-order chi connectivity index (χ1) is 7.78. The predicted molar refractivity (Wildman–Crippen MR) is 60.7 cm³/mol. The molecule has 0 radical (unpaired) electrons. The number of halogens is 1. The average molecular weight is 223 g/mol. The van der Waals surface area contributed by atoms with Crippen LogP contribution in [0.4, 0.5) is 4.39 Å². The van der Waals surface area contributed by atoms with Crippen LogP contribution in [0.2, 0.25) is 0 Å². The number of aromatic nitrogens is 2.